The Hall–Kier alpha value is 0.190. The van der Waals surface area contributed by atoms with Crippen molar-refractivity contribution in [1.29, 1.82) is 0 Å². The number of hydrogen-bond donors (Lipinski definition) is 3. The van der Waals surface area contributed by atoms with Gasteiger partial charge in [0.25, 0.3) is 0 Å². The Morgan fingerprint density at radius 3 is 1.14 bits per heavy atom. The first-order valence-electron chi connectivity index (χ1n) is 2.42. The molecule has 0 atom stereocenters. The fourth-order valence-corrected chi connectivity index (χ4v) is 0.243. The molecule has 0 rings (SSSR count). The minimum atomic E-state index is 0. The summed E-state index contributed by atoms with van der Waals surface area (Å²) in [4.78, 5) is 7.20. The molecule has 92 valence electrons. The number of nitrogens with two attached hydrogens (primary N) is 2. The third kappa shape index (κ3) is 22.8. The Labute approximate surface area is 115 Å². The van der Waals surface area contributed by atoms with Crippen molar-refractivity contribution in [2.75, 3.05) is 14.1 Å². The Morgan fingerprint density at radius 2 is 1.00 bits per heavy atom. The van der Waals surface area contributed by atoms with Gasteiger partial charge in [0, 0.05) is 14.1 Å². The first-order valence-corrected chi connectivity index (χ1v) is 2.42. The van der Waals surface area contributed by atoms with E-state index in [9.17, 15) is 0 Å². The molecular formula is C4H16Cl5N5. The number of hydrogen-bond acceptors (Lipinski definition) is 2. The molecule has 0 spiro atoms. The molecule has 0 amide bonds. The minimum absolute atomic E-state index is 0. The minimum Gasteiger partial charge on any atom is -0.370 e. The van der Waals surface area contributed by atoms with E-state index < -0.39 is 0 Å². The van der Waals surface area contributed by atoms with Crippen molar-refractivity contribution in [3.8, 4) is 0 Å². The largest absolute Gasteiger partial charge is 0.370 e. The van der Waals surface area contributed by atoms with Gasteiger partial charge >= 0.3 is 0 Å². The van der Waals surface area contributed by atoms with Crippen LogP contribution in [-0.4, -0.2) is 26.0 Å². The number of aliphatic imine (C=N–C) groups is 2. The predicted molar refractivity (Wildman–Crippen MR) is 74.5 cm³/mol. The molecule has 0 bridgehead atoms. The normalized spacial score (nSPS) is 8.71. The highest BCUT2D eigenvalue weighted by atomic mass is 35.5. The van der Waals surface area contributed by atoms with Crippen molar-refractivity contribution < 1.29 is 0 Å². The van der Waals surface area contributed by atoms with Crippen molar-refractivity contribution in [1.82, 2.24) is 5.32 Å². The van der Waals surface area contributed by atoms with E-state index in [0.29, 0.717) is 0 Å². The molecule has 0 aromatic carbocycles. The number of nitrogens with zero attached hydrogens (tertiary/aromatic N) is 2. The van der Waals surface area contributed by atoms with Crippen LogP contribution in [0.15, 0.2) is 9.98 Å². The van der Waals surface area contributed by atoms with Gasteiger partial charge in [0.05, 0.1) is 0 Å². The third-order valence-electron chi connectivity index (χ3n) is 0.738. The number of rotatable bonds is 0. The summed E-state index contributed by atoms with van der Waals surface area (Å²) in [5.41, 5.74) is 10.5. The van der Waals surface area contributed by atoms with E-state index in [-0.39, 0.29) is 74.0 Å². The van der Waals surface area contributed by atoms with Gasteiger partial charge in [0.2, 0.25) is 0 Å². The van der Waals surface area contributed by atoms with Gasteiger partial charge in [-0.2, -0.15) is 0 Å². The second kappa shape index (κ2) is 23.2. The average molecular weight is 311 g/mol. The van der Waals surface area contributed by atoms with Gasteiger partial charge < -0.3 is 11.5 Å². The average Bonchev–Trinajstić information content (AvgIpc) is 1.87. The molecule has 0 saturated carbocycles. The van der Waals surface area contributed by atoms with Gasteiger partial charge in [-0.25, -0.2) is 0 Å². The maximum absolute atomic E-state index is 5.23. The summed E-state index contributed by atoms with van der Waals surface area (Å²) in [6.07, 6.45) is 0. The Kier molecular flexibility index (Phi) is 61.0. The van der Waals surface area contributed by atoms with Gasteiger partial charge in [0.15, 0.2) is 11.9 Å². The molecule has 5 nitrogen and oxygen atoms in total. The summed E-state index contributed by atoms with van der Waals surface area (Å²) in [6.45, 7) is 0. The van der Waals surface area contributed by atoms with Crippen LogP contribution >= 0.6 is 62.0 Å². The molecule has 14 heavy (non-hydrogen) atoms. The topological polar surface area (TPSA) is 88.8 Å². The lowest BCUT2D eigenvalue weighted by Crippen LogP contribution is -2.41. The van der Waals surface area contributed by atoms with E-state index >= 15 is 0 Å². The first kappa shape index (κ1) is 36.8. The molecule has 0 heterocycles. The molecular weight excluding hydrogens is 295 g/mol. The van der Waals surface area contributed by atoms with Gasteiger partial charge in [-0.3, -0.25) is 15.3 Å². The van der Waals surface area contributed by atoms with Gasteiger partial charge in [-0.1, -0.05) is 0 Å². The molecule has 0 aromatic rings. The monoisotopic (exact) mass is 309 g/mol. The Morgan fingerprint density at radius 1 is 0.786 bits per heavy atom. The SMILES string of the molecule is CN=C(N)NC(N)=NC.Cl.Cl.Cl.Cl.Cl. The molecule has 0 unspecified atom stereocenters. The van der Waals surface area contributed by atoms with Crippen LogP contribution in [0.2, 0.25) is 0 Å². The summed E-state index contributed by atoms with van der Waals surface area (Å²) in [6, 6.07) is 0. The quantitative estimate of drug-likeness (QED) is 0.451. The van der Waals surface area contributed by atoms with Gasteiger partial charge in [-0.15, -0.1) is 62.0 Å². The summed E-state index contributed by atoms with van der Waals surface area (Å²) in [5, 5.41) is 2.53. The van der Waals surface area contributed by atoms with Gasteiger partial charge in [0.1, 0.15) is 0 Å². The Balaban J connectivity index is -0.0000000320. The van der Waals surface area contributed by atoms with Crippen molar-refractivity contribution >= 4 is 74.0 Å². The lowest BCUT2D eigenvalue weighted by Gasteiger charge is -2.00. The maximum Gasteiger partial charge on any atom is 0.195 e. The first-order chi connectivity index (χ1) is 4.20. The van der Waals surface area contributed by atoms with Crippen molar-refractivity contribution in [2.45, 2.75) is 0 Å². The lowest BCUT2D eigenvalue weighted by atomic mass is 10.8. The van der Waals surface area contributed by atoms with Crippen LogP contribution in [0.25, 0.3) is 0 Å². The van der Waals surface area contributed by atoms with E-state index in [1.54, 1.807) is 14.1 Å². The van der Waals surface area contributed by atoms with Crippen LogP contribution in [0.4, 0.5) is 0 Å². The zero-order valence-electron chi connectivity index (χ0n) is 7.59. The number of guanidine groups is 2. The molecule has 5 N–H and O–H groups in total. The fourth-order valence-electron chi connectivity index (χ4n) is 0.243. The molecule has 10 heteroatoms. The second-order valence-corrected chi connectivity index (χ2v) is 1.34. The predicted octanol–water partition coefficient (Wildman–Crippen LogP) is 0.574. The lowest BCUT2D eigenvalue weighted by molar-refractivity contribution is 1.19. The summed E-state index contributed by atoms with van der Waals surface area (Å²) in [5.74, 6) is 0.524. The van der Waals surface area contributed by atoms with E-state index in [4.69, 9.17) is 11.5 Å². The summed E-state index contributed by atoms with van der Waals surface area (Å²) in [7, 11) is 3.12. The smallest absolute Gasteiger partial charge is 0.195 e. The summed E-state index contributed by atoms with van der Waals surface area (Å²) >= 11 is 0. The maximum atomic E-state index is 5.23. The zero-order valence-corrected chi connectivity index (χ0v) is 11.7. The van der Waals surface area contributed by atoms with Crippen LogP contribution in [0, 0.1) is 0 Å². The van der Waals surface area contributed by atoms with E-state index in [2.05, 4.69) is 15.3 Å². The highest BCUT2D eigenvalue weighted by Crippen LogP contribution is 1.58. The van der Waals surface area contributed by atoms with Gasteiger partial charge in [-0.05, 0) is 0 Å². The highest BCUT2D eigenvalue weighted by Gasteiger charge is 1.88. The van der Waals surface area contributed by atoms with E-state index in [0.717, 1.165) is 0 Å². The highest BCUT2D eigenvalue weighted by molar-refractivity contribution is 5.96. The molecule has 0 aliphatic heterocycles. The molecule has 0 aliphatic carbocycles. The van der Waals surface area contributed by atoms with Crippen molar-refractivity contribution in [2.24, 2.45) is 21.5 Å². The number of nitrogens with one attached hydrogen (secondary N) is 1. The van der Waals surface area contributed by atoms with E-state index in [1.165, 1.54) is 0 Å². The van der Waals surface area contributed by atoms with Crippen LogP contribution in [0.3, 0.4) is 0 Å². The molecule has 0 aromatic heterocycles. The molecule has 0 saturated heterocycles. The van der Waals surface area contributed by atoms with Crippen LogP contribution in [0.5, 0.6) is 0 Å². The van der Waals surface area contributed by atoms with Crippen molar-refractivity contribution in [3.05, 3.63) is 0 Å². The fraction of sp³-hybridized carbons (Fsp3) is 0.500. The molecule has 0 fully saturated rings. The zero-order chi connectivity index (χ0) is 7.28. The van der Waals surface area contributed by atoms with Crippen LogP contribution < -0.4 is 16.8 Å². The van der Waals surface area contributed by atoms with Crippen LogP contribution in [-0.2, 0) is 0 Å². The summed E-state index contributed by atoms with van der Waals surface area (Å²) < 4.78 is 0. The van der Waals surface area contributed by atoms with Crippen molar-refractivity contribution in [3.63, 3.8) is 0 Å². The Bertz CT molecular complexity index is 133. The van der Waals surface area contributed by atoms with E-state index in [1.807, 2.05) is 0 Å². The third-order valence-corrected chi connectivity index (χ3v) is 0.738. The number of halogens is 5. The van der Waals surface area contributed by atoms with Crippen LogP contribution in [0.1, 0.15) is 0 Å². The molecule has 0 radical (unpaired) electrons. The second-order valence-electron chi connectivity index (χ2n) is 1.34. The standard InChI is InChI=1S/C4H11N5.5ClH/c1-7-3(5)9-4(6)8-2;;;;;/h1-2H3,(H5,5,6,7,8,9);5*1H. The molecule has 0 aliphatic rings.